The van der Waals surface area contributed by atoms with Crippen molar-refractivity contribution in [2.45, 2.75) is 46.6 Å². The van der Waals surface area contributed by atoms with E-state index in [1.165, 1.54) is 5.57 Å². The molecule has 1 spiro atoms. The van der Waals surface area contributed by atoms with Crippen LogP contribution in [0.15, 0.2) is 11.1 Å². The summed E-state index contributed by atoms with van der Waals surface area (Å²) < 4.78 is 0. The highest BCUT2D eigenvalue weighted by Gasteiger charge is 2.56. The Morgan fingerprint density at radius 2 is 2.07 bits per heavy atom. The highest BCUT2D eigenvalue weighted by Crippen LogP contribution is 2.56. The molecule has 2 aliphatic rings. The molecule has 2 nitrogen and oxygen atoms in total. The molecule has 1 saturated carbocycles. The van der Waals surface area contributed by atoms with Crippen molar-refractivity contribution in [3.05, 3.63) is 11.1 Å². The Hall–Kier alpha value is -0.810. The summed E-state index contributed by atoms with van der Waals surface area (Å²) in [7, 11) is 0. The topological polar surface area (TPSA) is 35.8 Å². The zero-order valence-electron chi connectivity index (χ0n) is 10.1. The van der Waals surface area contributed by atoms with Gasteiger partial charge in [-0.15, -0.1) is 0 Å². The normalized spacial score (nSPS) is 34.3. The molecule has 1 atom stereocenters. The minimum Gasteiger partial charge on any atom is -0.312 e. The van der Waals surface area contributed by atoms with E-state index in [-0.39, 0.29) is 0 Å². The summed E-state index contributed by atoms with van der Waals surface area (Å²) in [6.45, 7) is 9.97. The zero-order chi connectivity index (χ0) is 11.3. The predicted octanol–water partition coefficient (Wildman–Crippen LogP) is 2.62. The first kappa shape index (κ1) is 10.7. The molecule has 1 heterocycles. The number of nitriles is 1. The maximum Gasteiger partial charge on any atom is 0.0943 e. The van der Waals surface area contributed by atoms with Gasteiger partial charge in [0.05, 0.1) is 6.07 Å². The number of hydrogen-bond acceptors (Lipinski definition) is 2. The summed E-state index contributed by atoms with van der Waals surface area (Å²) in [6.07, 6.45) is 2.28. The van der Waals surface area contributed by atoms with Gasteiger partial charge in [-0.1, -0.05) is 26.3 Å². The van der Waals surface area contributed by atoms with Crippen LogP contribution in [0.3, 0.4) is 0 Å². The molecule has 0 aromatic carbocycles. The van der Waals surface area contributed by atoms with Crippen molar-refractivity contribution >= 4 is 0 Å². The molecule has 2 fully saturated rings. The van der Waals surface area contributed by atoms with E-state index in [4.69, 9.17) is 5.26 Å². The maximum absolute atomic E-state index is 8.83. The maximum atomic E-state index is 8.83. The van der Waals surface area contributed by atoms with E-state index in [0.717, 1.165) is 25.0 Å². The minimum absolute atomic E-state index is 0.338. The van der Waals surface area contributed by atoms with Crippen molar-refractivity contribution in [2.75, 3.05) is 6.54 Å². The van der Waals surface area contributed by atoms with Crippen LogP contribution in [0.1, 0.15) is 40.5 Å². The molecule has 82 valence electrons. The van der Waals surface area contributed by atoms with Crippen molar-refractivity contribution in [2.24, 2.45) is 10.8 Å². The standard InChI is InChI=1S/C13H20N2/c1-9(7-14)10-5-13(6-10)8-15-11(13)12(2,3)4/h11,15H,5-6,8H2,1-4H3. The fraction of sp³-hybridized carbons (Fsp3) is 0.769. The average molecular weight is 204 g/mol. The van der Waals surface area contributed by atoms with Gasteiger partial charge in [-0.2, -0.15) is 5.26 Å². The minimum atomic E-state index is 0.338. The van der Waals surface area contributed by atoms with Gasteiger partial charge in [-0.05, 0) is 25.2 Å². The van der Waals surface area contributed by atoms with Crippen molar-refractivity contribution in [3.8, 4) is 6.07 Å². The quantitative estimate of drug-likeness (QED) is 0.616. The molecule has 0 aromatic heterocycles. The number of nitrogens with one attached hydrogen (secondary N) is 1. The van der Waals surface area contributed by atoms with Crippen molar-refractivity contribution in [3.63, 3.8) is 0 Å². The lowest BCUT2D eigenvalue weighted by Crippen LogP contribution is -2.70. The van der Waals surface area contributed by atoms with Crippen molar-refractivity contribution in [1.29, 1.82) is 5.26 Å². The molecule has 2 heteroatoms. The average Bonchev–Trinajstić information content (AvgIpc) is 1.96. The predicted molar refractivity (Wildman–Crippen MR) is 61.2 cm³/mol. The van der Waals surface area contributed by atoms with Crippen LogP contribution in [0.5, 0.6) is 0 Å². The number of nitrogens with zero attached hydrogens (tertiary/aromatic N) is 1. The van der Waals surface area contributed by atoms with Gasteiger partial charge < -0.3 is 5.32 Å². The smallest absolute Gasteiger partial charge is 0.0943 e. The molecular weight excluding hydrogens is 184 g/mol. The van der Waals surface area contributed by atoms with Crippen LogP contribution in [0.25, 0.3) is 0 Å². The second-order valence-corrected chi connectivity index (χ2v) is 6.24. The van der Waals surface area contributed by atoms with Crippen LogP contribution in [0, 0.1) is 22.2 Å². The van der Waals surface area contributed by atoms with Gasteiger partial charge in [-0.3, -0.25) is 0 Å². The lowest BCUT2D eigenvalue weighted by Gasteiger charge is -2.62. The van der Waals surface area contributed by atoms with E-state index in [0.29, 0.717) is 16.9 Å². The van der Waals surface area contributed by atoms with Crippen molar-refractivity contribution < 1.29 is 0 Å². The zero-order valence-corrected chi connectivity index (χ0v) is 10.1. The Bertz CT molecular complexity index is 344. The molecule has 2 rings (SSSR count). The third kappa shape index (κ3) is 1.50. The Balaban J connectivity index is 2.08. The van der Waals surface area contributed by atoms with E-state index in [1.807, 2.05) is 6.92 Å². The Kier molecular flexibility index (Phi) is 2.20. The number of allylic oxidation sites excluding steroid dienone is 2. The molecule has 0 aromatic rings. The molecule has 0 amide bonds. The Morgan fingerprint density at radius 1 is 1.47 bits per heavy atom. The van der Waals surface area contributed by atoms with Crippen LogP contribution in [-0.2, 0) is 0 Å². The number of hydrogen-bond donors (Lipinski definition) is 1. The van der Waals surface area contributed by atoms with E-state index in [1.54, 1.807) is 0 Å². The van der Waals surface area contributed by atoms with Gasteiger partial charge in [-0.25, -0.2) is 0 Å². The van der Waals surface area contributed by atoms with Crippen LogP contribution in [0.2, 0.25) is 0 Å². The SMILES string of the molecule is CC(C#N)=C1CC2(CNC2C(C)(C)C)C1. The summed E-state index contributed by atoms with van der Waals surface area (Å²) in [4.78, 5) is 0. The van der Waals surface area contributed by atoms with Gasteiger partial charge in [0.15, 0.2) is 0 Å². The molecule has 0 radical (unpaired) electrons. The van der Waals surface area contributed by atoms with E-state index in [2.05, 4.69) is 32.2 Å². The van der Waals surface area contributed by atoms with Crippen LogP contribution in [-0.4, -0.2) is 12.6 Å². The molecule has 1 saturated heterocycles. The summed E-state index contributed by atoms with van der Waals surface area (Å²) in [6, 6.07) is 2.89. The van der Waals surface area contributed by atoms with Gasteiger partial charge in [0.2, 0.25) is 0 Å². The monoisotopic (exact) mass is 204 g/mol. The Morgan fingerprint density at radius 3 is 2.40 bits per heavy atom. The first-order valence-electron chi connectivity index (χ1n) is 5.71. The summed E-state index contributed by atoms with van der Waals surface area (Å²) in [5, 5.41) is 12.4. The van der Waals surface area contributed by atoms with E-state index in [9.17, 15) is 0 Å². The van der Waals surface area contributed by atoms with Gasteiger partial charge in [0.1, 0.15) is 0 Å². The second kappa shape index (κ2) is 3.09. The molecular formula is C13H20N2. The van der Waals surface area contributed by atoms with E-state index >= 15 is 0 Å². The third-order valence-corrected chi connectivity index (χ3v) is 3.97. The summed E-state index contributed by atoms with van der Waals surface area (Å²) in [5.41, 5.74) is 3.14. The lowest BCUT2D eigenvalue weighted by molar-refractivity contribution is -0.0260. The highest BCUT2D eigenvalue weighted by molar-refractivity contribution is 5.36. The fourth-order valence-electron chi connectivity index (χ4n) is 3.19. The first-order valence-corrected chi connectivity index (χ1v) is 5.71. The van der Waals surface area contributed by atoms with E-state index < -0.39 is 0 Å². The molecule has 1 aliphatic carbocycles. The molecule has 15 heavy (non-hydrogen) atoms. The largest absolute Gasteiger partial charge is 0.312 e. The lowest BCUT2D eigenvalue weighted by atomic mass is 9.51. The third-order valence-electron chi connectivity index (χ3n) is 3.97. The van der Waals surface area contributed by atoms with Crippen LogP contribution in [0.4, 0.5) is 0 Å². The second-order valence-electron chi connectivity index (χ2n) is 6.24. The fourth-order valence-corrected chi connectivity index (χ4v) is 3.19. The first-order chi connectivity index (χ1) is 6.89. The highest BCUT2D eigenvalue weighted by atomic mass is 15.1. The van der Waals surface area contributed by atoms with Crippen molar-refractivity contribution in [1.82, 2.24) is 5.32 Å². The number of rotatable bonds is 0. The van der Waals surface area contributed by atoms with Gasteiger partial charge in [0, 0.05) is 23.6 Å². The molecule has 1 aliphatic heterocycles. The van der Waals surface area contributed by atoms with Gasteiger partial charge in [0.25, 0.3) is 0 Å². The van der Waals surface area contributed by atoms with Gasteiger partial charge >= 0.3 is 0 Å². The Labute approximate surface area is 92.4 Å². The molecule has 1 N–H and O–H groups in total. The van der Waals surface area contributed by atoms with Crippen LogP contribution >= 0.6 is 0 Å². The van der Waals surface area contributed by atoms with Crippen LogP contribution < -0.4 is 5.32 Å². The summed E-state index contributed by atoms with van der Waals surface area (Å²) in [5.74, 6) is 0. The molecule has 0 bridgehead atoms. The summed E-state index contributed by atoms with van der Waals surface area (Å²) >= 11 is 0. The molecule has 1 unspecified atom stereocenters.